The van der Waals surface area contributed by atoms with Crippen LogP contribution in [0.5, 0.6) is 0 Å². The van der Waals surface area contributed by atoms with Gasteiger partial charge in [-0.3, -0.25) is 14.8 Å². The Kier molecular flexibility index (Phi) is 5.48. The van der Waals surface area contributed by atoms with Crippen molar-refractivity contribution in [3.8, 4) is 10.7 Å². The van der Waals surface area contributed by atoms with E-state index in [0.717, 1.165) is 0 Å². The molecule has 158 valence electrons. The molecule has 0 unspecified atom stereocenters. The first-order valence-electron chi connectivity index (χ1n) is 8.92. The monoisotopic (exact) mass is 456 g/mol. The zero-order valence-corrected chi connectivity index (χ0v) is 18.0. The Labute approximate surface area is 181 Å². The topological polar surface area (TPSA) is 140 Å². The molecule has 0 atom stereocenters. The SMILES string of the molecule is Cc1noc(NS(=O)(=O)c2ccc(NC(=O)c3csc(-c4cnccn4)n3)cc2)c1C. The lowest BCUT2D eigenvalue weighted by molar-refractivity contribution is 0.102. The highest BCUT2D eigenvalue weighted by Crippen LogP contribution is 2.24. The maximum absolute atomic E-state index is 12.5. The van der Waals surface area contributed by atoms with Gasteiger partial charge in [0.15, 0.2) is 0 Å². The van der Waals surface area contributed by atoms with Crippen LogP contribution < -0.4 is 10.0 Å². The van der Waals surface area contributed by atoms with Crippen molar-refractivity contribution in [1.29, 1.82) is 0 Å². The van der Waals surface area contributed by atoms with E-state index in [9.17, 15) is 13.2 Å². The number of benzene rings is 1. The number of nitrogens with zero attached hydrogens (tertiary/aromatic N) is 4. The normalized spacial score (nSPS) is 11.3. The van der Waals surface area contributed by atoms with E-state index in [0.29, 0.717) is 27.6 Å². The van der Waals surface area contributed by atoms with Crippen molar-refractivity contribution in [3.05, 3.63) is 65.2 Å². The summed E-state index contributed by atoms with van der Waals surface area (Å²) >= 11 is 1.28. The van der Waals surface area contributed by atoms with E-state index < -0.39 is 15.9 Å². The molecule has 1 aromatic carbocycles. The van der Waals surface area contributed by atoms with Crippen LogP contribution in [-0.2, 0) is 10.0 Å². The van der Waals surface area contributed by atoms with Crippen molar-refractivity contribution in [2.24, 2.45) is 0 Å². The van der Waals surface area contributed by atoms with E-state index in [1.54, 1.807) is 37.8 Å². The van der Waals surface area contributed by atoms with E-state index in [1.165, 1.54) is 35.6 Å². The number of nitrogens with one attached hydrogen (secondary N) is 2. The second-order valence-electron chi connectivity index (χ2n) is 6.43. The number of anilines is 2. The van der Waals surface area contributed by atoms with Crippen molar-refractivity contribution in [3.63, 3.8) is 0 Å². The molecule has 0 saturated carbocycles. The number of carbonyl (C=O) groups excluding carboxylic acids is 1. The Hall–Kier alpha value is -3.64. The van der Waals surface area contributed by atoms with Crippen molar-refractivity contribution >= 4 is 38.8 Å². The summed E-state index contributed by atoms with van der Waals surface area (Å²) in [5.74, 6) is -0.356. The average molecular weight is 457 g/mol. The van der Waals surface area contributed by atoms with Gasteiger partial charge in [-0.25, -0.2) is 18.1 Å². The maximum atomic E-state index is 12.5. The van der Waals surface area contributed by atoms with Crippen molar-refractivity contribution in [1.82, 2.24) is 20.1 Å². The Morgan fingerprint density at radius 3 is 2.55 bits per heavy atom. The summed E-state index contributed by atoms with van der Waals surface area (Å²) in [6.45, 7) is 3.42. The van der Waals surface area contributed by atoms with Gasteiger partial charge in [0.2, 0.25) is 5.88 Å². The molecule has 3 aromatic heterocycles. The number of aromatic nitrogens is 4. The van der Waals surface area contributed by atoms with Gasteiger partial charge in [-0.1, -0.05) is 5.16 Å². The van der Waals surface area contributed by atoms with Crippen LogP contribution in [0.2, 0.25) is 0 Å². The van der Waals surface area contributed by atoms with Crippen LogP contribution in [0.25, 0.3) is 10.7 Å². The van der Waals surface area contributed by atoms with E-state index in [4.69, 9.17) is 4.52 Å². The fourth-order valence-electron chi connectivity index (χ4n) is 2.51. The van der Waals surface area contributed by atoms with E-state index in [1.807, 2.05) is 0 Å². The maximum Gasteiger partial charge on any atom is 0.275 e. The van der Waals surface area contributed by atoms with Crippen LogP contribution in [0.15, 0.2) is 57.7 Å². The van der Waals surface area contributed by atoms with Gasteiger partial charge >= 0.3 is 0 Å². The van der Waals surface area contributed by atoms with Crippen LogP contribution in [0, 0.1) is 13.8 Å². The number of amides is 1. The van der Waals surface area contributed by atoms with Crippen LogP contribution in [0.3, 0.4) is 0 Å². The standard InChI is InChI=1S/C19H16N6O4S2/c1-11-12(2)24-29-18(11)25-31(27,28)14-5-3-13(4-6-14)22-17(26)16-10-30-19(23-16)15-9-20-7-8-21-15/h3-10,25H,1-2H3,(H,22,26). The molecule has 12 heteroatoms. The molecule has 0 fully saturated rings. The molecule has 0 spiro atoms. The number of hydrogen-bond acceptors (Lipinski definition) is 9. The third kappa shape index (κ3) is 4.44. The molecule has 0 radical (unpaired) electrons. The summed E-state index contributed by atoms with van der Waals surface area (Å²) in [6, 6.07) is 5.73. The Bertz CT molecular complexity index is 1330. The lowest BCUT2D eigenvalue weighted by Gasteiger charge is -2.07. The van der Waals surface area contributed by atoms with Crippen LogP contribution in [0.4, 0.5) is 11.6 Å². The number of hydrogen-bond donors (Lipinski definition) is 2. The number of sulfonamides is 1. The second kappa shape index (κ2) is 8.24. The third-order valence-electron chi connectivity index (χ3n) is 4.33. The minimum atomic E-state index is -3.87. The minimum Gasteiger partial charge on any atom is -0.337 e. The van der Waals surface area contributed by atoms with Gasteiger partial charge in [0, 0.05) is 29.0 Å². The summed E-state index contributed by atoms with van der Waals surface area (Å²) in [4.78, 5) is 24.9. The molecule has 31 heavy (non-hydrogen) atoms. The molecule has 0 saturated heterocycles. The Morgan fingerprint density at radius 2 is 1.90 bits per heavy atom. The van der Waals surface area contributed by atoms with Gasteiger partial charge in [-0.15, -0.1) is 11.3 Å². The van der Waals surface area contributed by atoms with Gasteiger partial charge in [-0.05, 0) is 38.1 Å². The van der Waals surface area contributed by atoms with E-state index in [-0.39, 0.29) is 16.5 Å². The molecular weight excluding hydrogens is 440 g/mol. The first kappa shape index (κ1) is 20.6. The molecule has 0 aliphatic rings. The highest BCUT2D eigenvalue weighted by atomic mass is 32.2. The molecular formula is C19H16N6O4S2. The molecule has 4 aromatic rings. The molecule has 0 aliphatic heterocycles. The van der Waals surface area contributed by atoms with Gasteiger partial charge in [-0.2, -0.15) is 0 Å². The van der Waals surface area contributed by atoms with Crippen molar-refractivity contribution < 1.29 is 17.7 Å². The van der Waals surface area contributed by atoms with Crippen molar-refractivity contribution in [2.75, 3.05) is 10.0 Å². The van der Waals surface area contributed by atoms with Gasteiger partial charge in [0.25, 0.3) is 15.9 Å². The molecule has 2 N–H and O–H groups in total. The van der Waals surface area contributed by atoms with E-state index in [2.05, 4.69) is 30.1 Å². The predicted molar refractivity (Wildman–Crippen MR) is 114 cm³/mol. The molecule has 1 amide bonds. The number of rotatable bonds is 6. The van der Waals surface area contributed by atoms with Crippen LogP contribution in [-0.4, -0.2) is 34.4 Å². The molecule has 10 nitrogen and oxygen atoms in total. The largest absolute Gasteiger partial charge is 0.337 e. The number of carbonyl (C=O) groups is 1. The first-order valence-corrected chi connectivity index (χ1v) is 11.3. The zero-order chi connectivity index (χ0) is 22.0. The summed E-state index contributed by atoms with van der Waals surface area (Å²) in [6.07, 6.45) is 4.67. The molecule has 0 aliphatic carbocycles. The Balaban J connectivity index is 1.45. The Morgan fingerprint density at radius 1 is 1.13 bits per heavy atom. The van der Waals surface area contributed by atoms with Gasteiger partial charge in [0.05, 0.1) is 16.8 Å². The fraction of sp³-hybridized carbons (Fsp3) is 0.105. The highest BCUT2D eigenvalue weighted by molar-refractivity contribution is 7.92. The van der Waals surface area contributed by atoms with Gasteiger partial charge in [0.1, 0.15) is 16.4 Å². The van der Waals surface area contributed by atoms with Crippen molar-refractivity contribution in [2.45, 2.75) is 18.7 Å². The minimum absolute atomic E-state index is 0.0116. The summed E-state index contributed by atoms with van der Waals surface area (Å²) in [5.41, 5.74) is 2.42. The smallest absolute Gasteiger partial charge is 0.275 e. The summed E-state index contributed by atoms with van der Waals surface area (Å²) < 4.78 is 32.5. The van der Waals surface area contributed by atoms with Crippen LogP contribution >= 0.6 is 11.3 Å². The zero-order valence-electron chi connectivity index (χ0n) is 16.4. The molecule has 0 bridgehead atoms. The quantitative estimate of drug-likeness (QED) is 0.450. The number of aryl methyl sites for hydroxylation is 1. The lowest BCUT2D eigenvalue weighted by Crippen LogP contribution is -2.14. The van der Waals surface area contributed by atoms with Gasteiger partial charge < -0.3 is 9.84 Å². The fourth-order valence-corrected chi connectivity index (χ4v) is 4.32. The van der Waals surface area contributed by atoms with E-state index >= 15 is 0 Å². The summed E-state index contributed by atoms with van der Waals surface area (Å²) in [7, 11) is -3.87. The third-order valence-corrected chi connectivity index (χ3v) is 6.54. The lowest BCUT2D eigenvalue weighted by atomic mass is 10.3. The summed E-state index contributed by atoms with van der Waals surface area (Å²) in [5, 5.41) is 8.61. The molecule has 3 heterocycles. The second-order valence-corrected chi connectivity index (χ2v) is 8.98. The highest BCUT2D eigenvalue weighted by Gasteiger charge is 2.19. The first-order chi connectivity index (χ1) is 14.8. The predicted octanol–water partition coefficient (Wildman–Crippen LogP) is 3.26. The van der Waals surface area contributed by atoms with Crippen LogP contribution in [0.1, 0.15) is 21.7 Å². The average Bonchev–Trinajstić information content (AvgIpc) is 3.38. The number of thiazole rings is 1. The molecule has 4 rings (SSSR count).